The first-order valence-corrected chi connectivity index (χ1v) is 8.46. The van der Waals surface area contributed by atoms with E-state index >= 15 is 0 Å². The van der Waals surface area contributed by atoms with E-state index in [4.69, 9.17) is 4.74 Å². The fraction of sp³-hybridized carbons (Fsp3) is 0.368. The van der Waals surface area contributed by atoms with Crippen molar-refractivity contribution in [2.75, 3.05) is 26.7 Å². The van der Waals surface area contributed by atoms with E-state index in [9.17, 15) is 5.11 Å². The molecule has 0 aliphatic carbocycles. The van der Waals surface area contributed by atoms with Crippen LogP contribution in [0.4, 0.5) is 0 Å². The van der Waals surface area contributed by atoms with Crippen molar-refractivity contribution in [2.45, 2.75) is 19.4 Å². The zero-order chi connectivity index (χ0) is 17.9. The van der Waals surface area contributed by atoms with Gasteiger partial charge in [-0.15, -0.1) is 24.0 Å². The Balaban J connectivity index is 0.00000338. The third kappa shape index (κ3) is 7.57. The van der Waals surface area contributed by atoms with Crippen molar-refractivity contribution in [3.05, 3.63) is 59.9 Å². The summed E-state index contributed by atoms with van der Waals surface area (Å²) in [5, 5.41) is 16.7. The summed E-state index contributed by atoms with van der Waals surface area (Å²) in [7, 11) is 1.66. The number of aromatic nitrogens is 1. The Morgan fingerprint density at radius 2 is 1.85 bits per heavy atom. The Hall–Kier alpha value is -1.87. The van der Waals surface area contributed by atoms with Crippen LogP contribution >= 0.6 is 24.0 Å². The molecule has 26 heavy (non-hydrogen) atoms. The first-order chi connectivity index (χ1) is 12.2. The summed E-state index contributed by atoms with van der Waals surface area (Å²) < 4.78 is 5.16. The molecule has 1 aromatic carbocycles. The summed E-state index contributed by atoms with van der Waals surface area (Å²) in [6.07, 6.45) is 3.57. The topological polar surface area (TPSA) is 78.8 Å². The third-order valence-electron chi connectivity index (χ3n) is 3.72. The average molecular weight is 470 g/mol. The second-order valence-corrected chi connectivity index (χ2v) is 5.54. The first kappa shape index (κ1) is 22.2. The number of pyridine rings is 1. The minimum Gasteiger partial charge on any atom is -0.497 e. The molecule has 0 aliphatic heterocycles. The average Bonchev–Trinajstić information content (AvgIpc) is 2.67. The van der Waals surface area contributed by atoms with Gasteiger partial charge in [-0.05, 0) is 48.7 Å². The van der Waals surface area contributed by atoms with E-state index in [-0.39, 0.29) is 24.0 Å². The van der Waals surface area contributed by atoms with Crippen molar-refractivity contribution in [1.82, 2.24) is 15.6 Å². The molecule has 0 spiro atoms. The number of ether oxygens (including phenoxy) is 1. The number of rotatable bonds is 8. The predicted molar refractivity (Wildman–Crippen MR) is 115 cm³/mol. The summed E-state index contributed by atoms with van der Waals surface area (Å²) in [4.78, 5) is 8.41. The molecule has 0 amide bonds. The summed E-state index contributed by atoms with van der Waals surface area (Å²) in [5.74, 6) is 1.56. The maximum absolute atomic E-state index is 10.2. The van der Waals surface area contributed by atoms with Crippen LogP contribution in [-0.4, -0.2) is 42.8 Å². The standard InChI is InChI=1S/C19H26N4O2.HI/c1-3-21-19(23-14-18(24)16-9-11-20-12-10-16)22-13-8-15-4-6-17(25-2)7-5-15;/h4-7,9-12,18,24H,3,8,13-14H2,1-2H3,(H2,21,22,23);1H. The maximum atomic E-state index is 10.2. The molecule has 1 heterocycles. The molecule has 3 N–H and O–H groups in total. The highest BCUT2D eigenvalue weighted by molar-refractivity contribution is 14.0. The highest BCUT2D eigenvalue weighted by Gasteiger charge is 2.07. The largest absolute Gasteiger partial charge is 0.497 e. The van der Waals surface area contributed by atoms with Crippen LogP contribution in [0.3, 0.4) is 0 Å². The molecular formula is C19H27IN4O2. The van der Waals surface area contributed by atoms with Gasteiger partial charge in [-0.3, -0.25) is 9.98 Å². The van der Waals surface area contributed by atoms with Gasteiger partial charge < -0.3 is 20.5 Å². The first-order valence-electron chi connectivity index (χ1n) is 8.46. The van der Waals surface area contributed by atoms with Gasteiger partial charge in [-0.2, -0.15) is 0 Å². The fourth-order valence-electron chi connectivity index (χ4n) is 2.33. The third-order valence-corrected chi connectivity index (χ3v) is 3.72. The molecule has 2 aromatic rings. The number of aliphatic hydroxyl groups excluding tert-OH is 1. The lowest BCUT2D eigenvalue weighted by molar-refractivity contribution is 0.187. The van der Waals surface area contributed by atoms with E-state index in [1.165, 1.54) is 5.56 Å². The van der Waals surface area contributed by atoms with Gasteiger partial charge in [-0.25, -0.2) is 0 Å². The number of methoxy groups -OCH3 is 1. The van der Waals surface area contributed by atoms with Crippen molar-refractivity contribution in [1.29, 1.82) is 0 Å². The van der Waals surface area contributed by atoms with E-state index in [0.29, 0.717) is 12.5 Å². The molecule has 0 radical (unpaired) electrons. The van der Waals surface area contributed by atoms with Gasteiger partial charge >= 0.3 is 0 Å². The van der Waals surface area contributed by atoms with Crippen LogP contribution in [0.2, 0.25) is 0 Å². The highest BCUT2D eigenvalue weighted by Crippen LogP contribution is 2.12. The van der Waals surface area contributed by atoms with Gasteiger partial charge in [0.25, 0.3) is 0 Å². The van der Waals surface area contributed by atoms with Gasteiger partial charge in [0.2, 0.25) is 0 Å². The Kier molecular flexibility index (Phi) is 10.6. The van der Waals surface area contributed by atoms with Crippen LogP contribution < -0.4 is 15.4 Å². The molecule has 7 heteroatoms. The lowest BCUT2D eigenvalue weighted by atomic mass is 10.1. The summed E-state index contributed by atoms with van der Waals surface area (Å²) in [6.45, 7) is 3.82. The van der Waals surface area contributed by atoms with Crippen molar-refractivity contribution >= 4 is 29.9 Å². The Morgan fingerprint density at radius 1 is 1.15 bits per heavy atom. The number of nitrogens with one attached hydrogen (secondary N) is 2. The number of nitrogens with zero attached hydrogens (tertiary/aromatic N) is 2. The van der Waals surface area contributed by atoms with Gasteiger partial charge in [0, 0.05) is 25.5 Å². The minimum atomic E-state index is -0.639. The minimum absolute atomic E-state index is 0. The molecule has 0 bridgehead atoms. The Bertz CT molecular complexity index is 650. The second kappa shape index (κ2) is 12.5. The van der Waals surface area contributed by atoms with E-state index in [0.717, 1.165) is 30.8 Å². The molecule has 1 unspecified atom stereocenters. The van der Waals surface area contributed by atoms with Crippen molar-refractivity contribution in [3.8, 4) is 5.75 Å². The molecule has 6 nitrogen and oxygen atoms in total. The van der Waals surface area contributed by atoms with E-state index in [2.05, 4.69) is 32.7 Å². The molecule has 0 saturated heterocycles. The zero-order valence-corrected chi connectivity index (χ0v) is 17.5. The molecule has 0 saturated carbocycles. The van der Waals surface area contributed by atoms with Crippen LogP contribution in [0, 0.1) is 0 Å². The van der Waals surface area contributed by atoms with Crippen LogP contribution in [0.25, 0.3) is 0 Å². The van der Waals surface area contributed by atoms with Gasteiger partial charge in [0.1, 0.15) is 5.75 Å². The van der Waals surface area contributed by atoms with E-state index in [1.54, 1.807) is 31.6 Å². The number of guanidine groups is 1. The smallest absolute Gasteiger partial charge is 0.191 e. The van der Waals surface area contributed by atoms with Crippen LogP contribution in [0.1, 0.15) is 24.2 Å². The predicted octanol–water partition coefficient (Wildman–Crippen LogP) is 2.54. The second-order valence-electron chi connectivity index (χ2n) is 5.54. The van der Waals surface area contributed by atoms with Crippen molar-refractivity contribution in [3.63, 3.8) is 0 Å². The van der Waals surface area contributed by atoms with Crippen LogP contribution in [0.15, 0.2) is 53.8 Å². The Morgan fingerprint density at radius 3 is 2.46 bits per heavy atom. The lowest BCUT2D eigenvalue weighted by Crippen LogP contribution is -2.38. The normalized spacial score (nSPS) is 12.0. The number of halogens is 1. The quantitative estimate of drug-likeness (QED) is 0.314. The van der Waals surface area contributed by atoms with Crippen molar-refractivity contribution in [2.24, 2.45) is 4.99 Å². The zero-order valence-electron chi connectivity index (χ0n) is 15.2. The number of hydrogen-bond donors (Lipinski definition) is 3. The molecule has 1 aromatic heterocycles. The number of benzene rings is 1. The molecule has 2 rings (SSSR count). The van der Waals surface area contributed by atoms with Crippen molar-refractivity contribution < 1.29 is 9.84 Å². The van der Waals surface area contributed by atoms with E-state index in [1.807, 2.05) is 19.1 Å². The molecular weight excluding hydrogens is 443 g/mol. The number of hydrogen-bond acceptors (Lipinski definition) is 4. The fourth-order valence-corrected chi connectivity index (χ4v) is 2.33. The highest BCUT2D eigenvalue weighted by atomic mass is 127. The maximum Gasteiger partial charge on any atom is 0.191 e. The van der Waals surface area contributed by atoms with Gasteiger partial charge in [0.05, 0.1) is 19.8 Å². The SMILES string of the molecule is CCNC(=NCC(O)c1ccncc1)NCCc1ccc(OC)cc1.I. The monoisotopic (exact) mass is 470 g/mol. The summed E-state index contributed by atoms with van der Waals surface area (Å²) in [6, 6.07) is 11.6. The molecule has 142 valence electrons. The van der Waals surface area contributed by atoms with Gasteiger partial charge in [0.15, 0.2) is 5.96 Å². The summed E-state index contributed by atoms with van der Waals surface area (Å²) in [5.41, 5.74) is 2.04. The lowest BCUT2D eigenvalue weighted by Gasteiger charge is -2.13. The van der Waals surface area contributed by atoms with Gasteiger partial charge in [-0.1, -0.05) is 12.1 Å². The van der Waals surface area contributed by atoms with Crippen LogP contribution in [0.5, 0.6) is 5.75 Å². The molecule has 1 atom stereocenters. The molecule has 0 fully saturated rings. The van der Waals surface area contributed by atoms with Crippen LogP contribution in [-0.2, 0) is 6.42 Å². The number of aliphatic imine (C=N–C) groups is 1. The number of aliphatic hydroxyl groups is 1. The van der Waals surface area contributed by atoms with E-state index < -0.39 is 6.10 Å². The summed E-state index contributed by atoms with van der Waals surface area (Å²) >= 11 is 0. The Labute approximate surface area is 172 Å². The molecule has 0 aliphatic rings.